The number of rotatable bonds is 1. The van der Waals surface area contributed by atoms with Crippen molar-refractivity contribution < 1.29 is 0 Å². The molecule has 0 amide bonds. The predicted molar refractivity (Wildman–Crippen MR) is 54.1 cm³/mol. The molecule has 12 heavy (non-hydrogen) atoms. The smallest absolute Gasteiger partial charge is 0.0383 e. The molecule has 0 atom stereocenters. The van der Waals surface area contributed by atoms with Crippen LogP contribution < -0.4 is 10.6 Å². The van der Waals surface area contributed by atoms with E-state index in [0.29, 0.717) is 0 Å². The third-order valence-corrected chi connectivity index (χ3v) is 2.26. The lowest BCUT2D eigenvalue weighted by atomic mass is 10.1. The van der Waals surface area contributed by atoms with Crippen molar-refractivity contribution in [1.82, 2.24) is 4.98 Å². The lowest BCUT2D eigenvalue weighted by Gasteiger charge is -1.97. The Morgan fingerprint density at radius 1 is 1.50 bits per heavy atom. The van der Waals surface area contributed by atoms with Gasteiger partial charge in [-0.3, -0.25) is 0 Å². The van der Waals surface area contributed by atoms with Crippen molar-refractivity contribution >= 4 is 12.2 Å². The Balaban J connectivity index is 3.44. The predicted octanol–water partition coefficient (Wildman–Crippen LogP) is 1.56. The van der Waals surface area contributed by atoms with Crippen molar-refractivity contribution in [3.05, 3.63) is 34.5 Å². The van der Waals surface area contributed by atoms with E-state index < -0.39 is 0 Å². The van der Waals surface area contributed by atoms with Crippen LogP contribution >= 0.6 is 0 Å². The molecule has 1 nitrogen and oxygen atoms in total. The minimum absolute atomic E-state index is 0.994. The summed E-state index contributed by atoms with van der Waals surface area (Å²) in [6.07, 6.45) is 4.03. The van der Waals surface area contributed by atoms with Crippen LogP contribution in [0, 0.1) is 0 Å². The molecule has 1 heteroatoms. The first-order valence-corrected chi connectivity index (χ1v) is 4.13. The number of hydrogen-bond acceptors (Lipinski definition) is 0. The van der Waals surface area contributed by atoms with E-state index in [-0.39, 0.29) is 0 Å². The third-order valence-electron chi connectivity index (χ3n) is 2.26. The van der Waals surface area contributed by atoms with Crippen LogP contribution in [-0.4, -0.2) is 4.98 Å². The maximum Gasteiger partial charge on any atom is 0.0383 e. The van der Waals surface area contributed by atoms with E-state index in [1.807, 2.05) is 13.1 Å². The first-order chi connectivity index (χ1) is 5.66. The quantitative estimate of drug-likeness (QED) is 0.643. The summed E-state index contributed by atoms with van der Waals surface area (Å²) < 4.78 is 0. The molecule has 0 aliphatic carbocycles. The molecule has 1 heterocycles. The fraction of sp³-hybridized carbons (Fsp3) is 0.273. The monoisotopic (exact) mass is 161 g/mol. The lowest BCUT2D eigenvalue weighted by molar-refractivity contribution is 1.31. The second-order valence-corrected chi connectivity index (χ2v) is 2.97. The molecule has 0 aliphatic rings. The van der Waals surface area contributed by atoms with Crippen LogP contribution in [0.25, 0.3) is 12.2 Å². The first kappa shape index (κ1) is 8.85. The van der Waals surface area contributed by atoms with Crippen LogP contribution in [-0.2, 0) is 0 Å². The standard InChI is InChI=1S/C11H15N/c1-5-8(2)9(3)11-6-7-12-10(11)4/h5-7,12H,4H2,1-3H3/b8-5-,11-9-. The average Bonchev–Trinajstić information content (AvgIpc) is 2.48. The van der Waals surface area contributed by atoms with Crippen LogP contribution in [0.4, 0.5) is 0 Å². The molecule has 1 aromatic rings. The lowest BCUT2D eigenvalue weighted by Crippen LogP contribution is -2.22. The van der Waals surface area contributed by atoms with Gasteiger partial charge in [-0.2, -0.15) is 0 Å². The molecule has 0 unspecified atom stereocenters. The van der Waals surface area contributed by atoms with Gasteiger partial charge in [0.05, 0.1) is 0 Å². The second-order valence-electron chi connectivity index (χ2n) is 2.97. The summed E-state index contributed by atoms with van der Waals surface area (Å²) in [6, 6.07) is 2.06. The molecule has 0 spiro atoms. The van der Waals surface area contributed by atoms with Gasteiger partial charge < -0.3 is 4.98 Å². The van der Waals surface area contributed by atoms with Crippen LogP contribution in [0.3, 0.4) is 0 Å². The fourth-order valence-corrected chi connectivity index (χ4v) is 1.18. The number of allylic oxidation sites excluding steroid dienone is 2. The summed E-state index contributed by atoms with van der Waals surface area (Å²) in [5.41, 5.74) is 2.60. The van der Waals surface area contributed by atoms with Crippen LogP contribution in [0.15, 0.2) is 23.9 Å². The zero-order valence-corrected chi connectivity index (χ0v) is 7.94. The van der Waals surface area contributed by atoms with E-state index in [0.717, 1.165) is 5.35 Å². The summed E-state index contributed by atoms with van der Waals surface area (Å²) >= 11 is 0. The van der Waals surface area contributed by atoms with Gasteiger partial charge in [0, 0.05) is 16.8 Å². The SMILES string of the molecule is C=c1[nH]cc/c1=C(C)/C(C)=C\C. The fourth-order valence-electron chi connectivity index (χ4n) is 1.18. The number of nitrogens with one attached hydrogen (secondary N) is 1. The summed E-state index contributed by atoms with van der Waals surface area (Å²) in [5, 5.41) is 2.21. The van der Waals surface area contributed by atoms with Gasteiger partial charge in [0.2, 0.25) is 0 Å². The molecule has 0 aliphatic heterocycles. The highest BCUT2D eigenvalue weighted by Gasteiger charge is 1.93. The molecule has 0 radical (unpaired) electrons. The van der Waals surface area contributed by atoms with Crippen molar-refractivity contribution in [3.8, 4) is 0 Å². The van der Waals surface area contributed by atoms with Gasteiger partial charge in [0.1, 0.15) is 0 Å². The number of hydrogen-bond donors (Lipinski definition) is 1. The third kappa shape index (κ3) is 1.50. The Hall–Kier alpha value is -1.24. The Morgan fingerprint density at radius 2 is 2.17 bits per heavy atom. The van der Waals surface area contributed by atoms with E-state index in [4.69, 9.17) is 0 Å². The molecule has 1 rings (SSSR count). The zero-order chi connectivity index (χ0) is 9.14. The zero-order valence-electron chi connectivity index (χ0n) is 7.94. The van der Waals surface area contributed by atoms with Gasteiger partial charge in [0.25, 0.3) is 0 Å². The second kappa shape index (κ2) is 3.44. The molecule has 1 N–H and O–H groups in total. The Morgan fingerprint density at radius 3 is 2.58 bits per heavy atom. The van der Waals surface area contributed by atoms with E-state index in [2.05, 4.69) is 37.6 Å². The molecule has 0 saturated carbocycles. The van der Waals surface area contributed by atoms with Crippen molar-refractivity contribution in [2.45, 2.75) is 20.8 Å². The van der Waals surface area contributed by atoms with Crippen molar-refractivity contribution in [2.24, 2.45) is 0 Å². The molecular weight excluding hydrogens is 146 g/mol. The summed E-state index contributed by atoms with van der Waals surface area (Å²) in [5.74, 6) is 0. The Bertz CT molecular complexity index is 393. The molecule has 0 fully saturated rings. The summed E-state index contributed by atoms with van der Waals surface area (Å²) in [6.45, 7) is 10.2. The van der Waals surface area contributed by atoms with Gasteiger partial charge in [0.15, 0.2) is 0 Å². The van der Waals surface area contributed by atoms with Crippen molar-refractivity contribution in [2.75, 3.05) is 0 Å². The normalized spacial score (nSPS) is 14.8. The van der Waals surface area contributed by atoms with E-state index in [1.54, 1.807) is 0 Å². The molecular formula is C11H15N. The van der Waals surface area contributed by atoms with E-state index in [9.17, 15) is 0 Å². The molecule has 1 aromatic heterocycles. The summed E-state index contributed by atoms with van der Waals surface area (Å²) in [7, 11) is 0. The van der Waals surface area contributed by atoms with E-state index >= 15 is 0 Å². The van der Waals surface area contributed by atoms with Gasteiger partial charge in [-0.25, -0.2) is 0 Å². The maximum atomic E-state index is 3.91. The molecule has 0 aromatic carbocycles. The summed E-state index contributed by atoms with van der Waals surface area (Å²) in [4.78, 5) is 3.07. The van der Waals surface area contributed by atoms with Gasteiger partial charge in [-0.1, -0.05) is 18.2 Å². The average molecular weight is 161 g/mol. The minimum atomic E-state index is 0.994. The van der Waals surface area contributed by atoms with Crippen LogP contribution in [0.1, 0.15) is 20.8 Å². The largest absolute Gasteiger partial charge is 0.362 e. The number of aromatic nitrogens is 1. The van der Waals surface area contributed by atoms with Gasteiger partial charge >= 0.3 is 0 Å². The van der Waals surface area contributed by atoms with Crippen LogP contribution in [0.2, 0.25) is 0 Å². The number of H-pyrrole nitrogens is 1. The topological polar surface area (TPSA) is 15.8 Å². The highest BCUT2D eigenvalue weighted by Crippen LogP contribution is 2.05. The maximum absolute atomic E-state index is 3.91. The minimum Gasteiger partial charge on any atom is -0.362 e. The molecule has 0 saturated heterocycles. The highest BCUT2D eigenvalue weighted by atomic mass is 14.6. The molecule has 0 bridgehead atoms. The van der Waals surface area contributed by atoms with Crippen molar-refractivity contribution in [3.63, 3.8) is 0 Å². The molecule has 64 valence electrons. The Kier molecular flexibility index (Phi) is 2.54. The van der Waals surface area contributed by atoms with E-state index in [1.165, 1.54) is 16.4 Å². The highest BCUT2D eigenvalue weighted by molar-refractivity contribution is 5.60. The number of aromatic amines is 1. The van der Waals surface area contributed by atoms with Gasteiger partial charge in [-0.15, -0.1) is 0 Å². The first-order valence-electron chi connectivity index (χ1n) is 4.13. The van der Waals surface area contributed by atoms with Gasteiger partial charge in [-0.05, 0) is 32.4 Å². The van der Waals surface area contributed by atoms with Crippen LogP contribution in [0.5, 0.6) is 0 Å². The Labute approximate surface area is 73.1 Å². The van der Waals surface area contributed by atoms with Crippen molar-refractivity contribution in [1.29, 1.82) is 0 Å².